The normalized spacial score (nSPS) is 11.1. The molecule has 0 bridgehead atoms. The lowest BCUT2D eigenvalue weighted by Crippen LogP contribution is -2.17. The molecule has 0 radical (unpaired) electrons. The number of aromatic nitrogens is 3. The van der Waals surface area contributed by atoms with Gasteiger partial charge in [-0.1, -0.05) is 6.07 Å². The average Bonchev–Trinajstić information content (AvgIpc) is 3.04. The molecular formula is C13H14N4S. The topological polar surface area (TPSA) is 42.2 Å². The third kappa shape index (κ3) is 2.42. The van der Waals surface area contributed by atoms with Crippen LogP contribution in [0.15, 0.2) is 41.2 Å². The summed E-state index contributed by atoms with van der Waals surface area (Å²) in [7, 11) is 0. The second-order valence-corrected chi connectivity index (χ2v) is 4.88. The van der Waals surface area contributed by atoms with E-state index in [4.69, 9.17) is 0 Å². The summed E-state index contributed by atoms with van der Waals surface area (Å²) in [6.07, 6.45) is 2.89. The van der Waals surface area contributed by atoms with E-state index in [1.165, 1.54) is 5.56 Å². The summed E-state index contributed by atoms with van der Waals surface area (Å²) in [5, 5.41) is 16.0. The molecule has 0 saturated heterocycles. The molecule has 92 valence electrons. The first-order valence-corrected chi connectivity index (χ1v) is 6.88. The van der Waals surface area contributed by atoms with E-state index in [1.807, 2.05) is 28.8 Å². The summed E-state index contributed by atoms with van der Waals surface area (Å²) < 4.78 is 2.03. The first-order valence-electron chi connectivity index (χ1n) is 5.94. The molecular weight excluding hydrogens is 244 g/mol. The standard InChI is InChI=1S/C13H14N4S/c1-2-7-17-12(3-1)15-16-13(17)4-6-14-9-11-5-8-18-10-11/h1-3,5,7-8,10,14H,4,6,9H2. The smallest absolute Gasteiger partial charge is 0.160 e. The highest BCUT2D eigenvalue weighted by atomic mass is 32.1. The van der Waals surface area contributed by atoms with Gasteiger partial charge in [-0.25, -0.2) is 0 Å². The lowest BCUT2D eigenvalue weighted by Gasteiger charge is -2.02. The number of nitrogens with one attached hydrogen (secondary N) is 1. The third-order valence-corrected chi connectivity index (χ3v) is 3.55. The van der Waals surface area contributed by atoms with Crippen LogP contribution in [0.2, 0.25) is 0 Å². The maximum Gasteiger partial charge on any atom is 0.160 e. The summed E-state index contributed by atoms with van der Waals surface area (Å²) in [5.41, 5.74) is 2.25. The molecule has 3 aromatic rings. The van der Waals surface area contributed by atoms with Gasteiger partial charge in [-0.15, -0.1) is 10.2 Å². The zero-order chi connectivity index (χ0) is 12.2. The van der Waals surface area contributed by atoms with Gasteiger partial charge in [0.1, 0.15) is 5.82 Å². The van der Waals surface area contributed by atoms with Crippen LogP contribution in [0.1, 0.15) is 11.4 Å². The molecule has 5 heteroatoms. The van der Waals surface area contributed by atoms with Crippen LogP contribution in [0.5, 0.6) is 0 Å². The number of rotatable bonds is 5. The molecule has 3 rings (SSSR count). The second kappa shape index (κ2) is 5.29. The van der Waals surface area contributed by atoms with Gasteiger partial charge in [-0.05, 0) is 34.5 Å². The van der Waals surface area contributed by atoms with Crippen molar-refractivity contribution in [3.63, 3.8) is 0 Å². The van der Waals surface area contributed by atoms with E-state index in [0.29, 0.717) is 0 Å². The zero-order valence-corrected chi connectivity index (χ0v) is 10.7. The molecule has 0 unspecified atom stereocenters. The molecule has 0 atom stereocenters. The van der Waals surface area contributed by atoms with Crippen molar-refractivity contribution in [2.45, 2.75) is 13.0 Å². The average molecular weight is 258 g/mol. The van der Waals surface area contributed by atoms with Crippen LogP contribution in [0.4, 0.5) is 0 Å². The third-order valence-electron chi connectivity index (χ3n) is 2.82. The van der Waals surface area contributed by atoms with E-state index in [9.17, 15) is 0 Å². The van der Waals surface area contributed by atoms with Crippen molar-refractivity contribution in [1.82, 2.24) is 19.9 Å². The lowest BCUT2D eigenvalue weighted by atomic mass is 10.3. The SMILES string of the molecule is c1ccn2c(CCNCc3ccsc3)nnc2c1. The minimum Gasteiger partial charge on any atom is -0.312 e. The van der Waals surface area contributed by atoms with Gasteiger partial charge in [0.2, 0.25) is 0 Å². The second-order valence-electron chi connectivity index (χ2n) is 4.10. The minimum absolute atomic E-state index is 0.884. The van der Waals surface area contributed by atoms with Crippen LogP contribution in [0.25, 0.3) is 5.65 Å². The van der Waals surface area contributed by atoms with Crippen LogP contribution >= 0.6 is 11.3 Å². The predicted octanol–water partition coefficient (Wildman–Crippen LogP) is 2.12. The molecule has 0 spiro atoms. The Hall–Kier alpha value is -1.72. The largest absolute Gasteiger partial charge is 0.312 e. The Bertz CT molecular complexity index is 615. The molecule has 3 aromatic heterocycles. The summed E-state index contributed by atoms with van der Waals surface area (Å²) >= 11 is 1.73. The number of thiophene rings is 1. The van der Waals surface area contributed by atoms with Crippen LogP contribution in [0, 0.1) is 0 Å². The van der Waals surface area contributed by atoms with Crippen molar-refractivity contribution < 1.29 is 0 Å². The Morgan fingerprint density at radius 1 is 1.22 bits per heavy atom. The number of hydrogen-bond donors (Lipinski definition) is 1. The fraction of sp³-hybridized carbons (Fsp3) is 0.231. The van der Waals surface area contributed by atoms with Gasteiger partial charge in [0.15, 0.2) is 5.65 Å². The van der Waals surface area contributed by atoms with E-state index in [-0.39, 0.29) is 0 Å². The van der Waals surface area contributed by atoms with E-state index < -0.39 is 0 Å². The molecule has 3 heterocycles. The van der Waals surface area contributed by atoms with E-state index in [0.717, 1.165) is 31.0 Å². The van der Waals surface area contributed by atoms with Crippen molar-refractivity contribution >= 4 is 17.0 Å². The summed E-state index contributed by atoms with van der Waals surface area (Å²) in [6.45, 7) is 1.83. The van der Waals surface area contributed by atoms with Crippen LogP contribution in [0.3, 0.4) is 0 Å². The van der Waals surface area contributed by atoms with Gasteiger partial charge in [0.05, 0.1) is 0 Å². The highest BCUT2D eigenvalue weighted by molar-refractivity contribution is 7.07. The van der Waals surface area contributed by atoms with Gasteiger partial charge in [-0.2, -0.15) is 11.3 Å². The van der Waals surface area contributed by atoms with Crippen LogP contribution in [-0.2, 0) is 13.0 Å². The predicted molar refractivity (Wildman–Crippen MR) is 72.7 cm³/mol. The molecule has 1 N–H and O–H groups in total. The molecule has 0 aliphatic carbocycles. The zero-order valence-electron chi connectivity index (χ0n) is 9.91. The monoisotopic (exact) mass is 258 g/mol. The molecule has 0 aliphatic rings. The maximum atomic E-state index is 4.20. The Labute approximate surface area is 109 Å². The first-order chi connectivity index (χ1) is 8.93. The molecule has 0 aromatic carbocycles. The fourth-order valence-corrected chi connectivity index (χ4v) is 2.56. The number of hydrogen-bond acceptors (Lipinski definition) is 4. The van der Waals surface area contributed by atoms with Crippen molar-refractivity contribution in [1.29, 1.82) is 0 Å². The van der Waals surface area contributed by atoms with Crippen LogP contribution < -0.4 is 5.32 Å². The molecule has 0 amide bonds. The van der Waals surface area contributed by atoms with Gasteiger partial charge in [-0.3, -0.25) is 4.40 Å². The summed E-state index contributed by atoms with van der Waals surface area (Å²) in [4.78, 5) is 0. The number of nitrogens with zero attached hydrogens (tertiary/aromatic N) is 3. The quantitative estimate of drug-likeness (QED) is 0.713. The lowest BCUT2D eigenvalue weighted by molar-refractivity contribution is 0.668. The van der Waals surface area contributed by atoms with Crippen molar-refractivity contribution in [2.24, 2.45) is 0 Å². The molecule has 0 fully saturated rings. The Balaban J connectivity index is 1.57. The van der Waals surface area contributed by atoms with Gasteiger partial charge in [0, 0.05) is 25.7 Å². The minimum atomic E-state index is 0.884. The highest BCUT2D eigenvalue weighted by Gasteiger charge is 2.03. The van der Waals surface area contributed by atoms with Crippen molar-refractivity contribution in [3.8, 4) is 0 Å². The van der Waals surface area contributed by atoms with Crippen molar-refractivity contribution in [3.05, 3.63) is 52.6 Å². The van der Waals surface area contributed by atoms with Crippen molar-refractivity contribution in [2.75, 3.05) is 6.54 Å². The van der Waals surface area contributed by atoms with E-state index in [1.54, 1.807) is 11.3 Å². The first kappa shape index (κ1) is 11.4. The Morgan fingerprint density at radius 2 is 2.22 bits per heavy atom. The van der Waals surface area contributed by atoms with Gasteiger partial charge in [0.25, 0.3) is 0 Å². The summed E-state index contributed by atoms with van der Waals surface area (Å²) in [5.74, 6) is 1.00. The molecule has 0 saturated carbocycles. The van der Waals surface area contributed by atoms with E-state index >= 15 is 0 Å². The van der Waals surface area contributed by atoms with Gasteiger partial charge < -0.3 is 5.32 Å². The van der Waals surface area contributed by atoms with Crippen LogP contribution in [-0.4, -0.2) is 21.1 Å². The van der Waals surface area contributed by atoms with Gasteiger partial charge >= 0.3 is 0 Å². The number of fused-ring (bicyclic) bond motifs is 1. The van der Waals surface area contributed by atoms with E-state index in [2.05, 4.69) is 32.3 Å². The Kier molecular flexibility index (Phi) is 3.34. The molecule has 4 nitrogen and oxygen atoms in total. The fourth-order valence-electron chi connectivity index (χ4n) is 1.89. The maximum absolute atomic E-state index is 4.20. The highest BCUT2D eigenvalue weighted by Crippen LogP contribution is 2.05. The Morgan fingerprint density at radius 3 is 3.11 bits per heavy atom. The molecule has 18 heavy (non-hydrogen) atoms. The summed E-state index contributed by atoms with van der Waals surface area (Å²) in [6, 6.07) is 8.08. The number of pyridine rings is 1. The molecule has 0 aliphatic heterocycles.